The Morgan fingerprint density at radius 3 is 2.79 bits per heavy atom. The molecular formula is C17H19N3O4. The normalized spacial score (nSPS) is 18.1. The van der Waals surface area contributed by atoms with Crippen molar-refractivity contribution in [2.75, 3.05) is 11.4 Å². The number of rotatable bonds is 3. The molecule has 24 heavy (non-hydrogen) atoms. The van der Waals surface area contributed by atoms with E-state index in [1.807, 2.05) is 24.3 Å². The molecule has 3 rings (SSSR count). The minimum Gasteiger partial charge on any atom is -0.448 e. The molecule has 0 spiro atoms. The largest absolute Gasteiger partial charge is 0.448 e. The molecule has 0 saturated heterocycles. The maximum Gasteiger partial charge on any atom is 0.355 e. The van der Waals surface area contributed by atoms with Gasteiger partial charge < -0.3 is 9.64 Å². The highest BCUT2D eigenvalue weighted by atomic mass is 16.5. The van der Waals surface area contributed by atoms with E-state index in [-0.39, 0.29) is 30.4 Å². The summed E-state index contributed by atoms with van der Waals surface area (Å²) in [7, 11) is 0. The third-order valence-electron chi connectivity index (χ3n) is 4.15. The molecule has 0 radical (unpaired) electrons. The number of esters is 1. The van der Waals surface area contributed by atoms with E-state index in [1.165, 1.54) is 0 Å². The van der Waals surface area contributed by atoms with Crippen LogP contribution in [-0.2, 0) is 25.5 Å². The minimum atomic E-state index is -0.913. The van der Waals surface area contributed by atoms with Crippen LogP contribution in [0.15, 0.2) is 29.4 Å². The predicted octanol–water partition coefficient (Wildman–Crippen LogP) is 1.16. The predicted molar refractivity (Wildman–Crippen MR) is 87.5 cm³/mol. The van der Waals surface area contributed by atoms with Crippen LogP contribution in [0.25, 0.3) is 0 Å². The molecule has 0 bridgehead atoms. The highest BCUT2D eigenvalue weighted by Crippen LogP contribution is 2.27. The van der Waals surface area contributed by atoms with Crippen molar-refractivity contribution < 1.29 is 19.1 Å². The molecule has 7 heteroatoms. The number of carbonyl (C=O) groups is 3. The number of aryl methyl sites for hydroxylation is 1. The summed E-state index contributed by atoms with van der Waals surface area (Å²) >= 11 is 0. The van der Waals surface area contributed by atoms with Crippen LogP contribution >= 0.6 is 0 Å². The van der Waals surface area contributed by atoms with Crippen LogP contribution < -0.4 is 10.3 Å². The van der Waals surface area contributed by atoms with Crippen molar-refractivity contribution >= 4 is 29.2 Å². The molecule has 0 aliphatic carbocycles. The SMILES string of the molecule is C[C@H](OC(=O)C1=NNC(=O)CC1)C(=O)N1CCCc2ccccc21. The fraction of sp³-hybridized carbons (Fsp3) is 0.412. The summed E-state index contributed by atoms with van der Waals surface area (Å²) in [5.74, 6) is -1.15. The molecule has 0 fully saturated rings. The van der Waals surface area contributed by atoms with Crippen molar-refractivity contribution in [1.29, 1.82) is 0 Å². The Morgan fingerprint density at radius 2 is 2.04 bits per heavy atom. The molecule has 0 saturated carbocycles. The summed E-state index contributed by atoms with van der Waals surface area (Å²) in [6.07, 6.45) is 1.31. The van der Waals surface area contributed by atoms with Gasteiger partial charge in [-0.25, -0.2) is 10.2 Å². The first-order valence-corrected chi connectivity index (χ1v) is 8.02. The van der Waals surface area contributed by atoms with E-state index < -0.39 is 12.1 Å². The fourth-order valence-electron chi connectivity index (χ4n) is 2.88. The van der Waals surface area contributed by atoms with Crippen molar-refractivity contribution in [3.05, 3.63) is 29.8 Å². The Kier molecular flexibility index (Phi) is 4.59. The van der Waals surface area contributed by atoms with Crippen LogP contribution in [0, 0.1) is 0 Å². The van der Waals surface area contributed by atoms with Gasteiger partial charge in [-0.2, -0.15) is 5.10 Å². The van der Waals surface area contributed by atoms with Gasteiger partial charge >= 0.3 is 5.97 Å². The number of nitrogens with zero attached hydrogens (tertiary/aromatic N) is 2. The molecule has 7 nitrogen and oxygen atoms in total. The molecule has 0 aromatic heterocycles. The number of para-hydroxylation sites is 1. The average molecular weight is 329 g/mol. The molecule has 1 aromatic carbocycles. The van der Waals surface area contributed by atoms with Gasteiger partial charge in [0.15, 0.2) is 6.10 Å². The molecule has 126 valence electrons. The van der Waals surface area contributed by atoms with Crippen molar-refractivity contribution in [3.63, 3.8) is 0 Å². The zero-order valence-electron chi connectivity index (χ0n) is 13.4. The zero-order valence-corrected chi connectivity index (χ0v) is 13.4. The molecule has 2 aliphatic heterocycles. The van der Waals surface area contributed by atoms with Gasteiger partial charge in [0.1, 0.15) is 5.71 Å². The lowest BCUT2D eigenvalue weighted by atomic mass is 10.0. The smallest absolute Gasteiger partial charge is 0.355 e. The van der Waals surface area contributed by atoms with E-state index in [0.29, 0.717) is 6.54 Å². The fourth-order valence-corrected chi connectivity index (χ4v) is 2.88. The maximum atomic E-state index is 12.7. The van der Waals surface area contributed by atoms with E-state index in [2.05, 4.69) is 10.5 Å². The molecule has 2 aliphatic rings. The van der Waals surface area contributed by atoms with Crippen LogP contribution in [0.2, 0.25) is 0 Å². The number of fused-ring (bicyclic) bond motifs is 1. The number of hydrogen-bond donors (Lipinski definition) is 1. The Hall–Kier alpha value is -2.70. The molecule has 2 amide bonds. The monoisotopic (exact) mass is 329 g/mol. The highest BCUT2D eigenvalue weighted by Gasteiger charge is 2.30. The van der Waals surface area contributed by atoms with Gasteiger partial charge in [0.2, 0.25) is 5.91 Å². The summed E-state index contributed by atoms with van der Waals surface area (Å²) in [5, 5.41) is 3.69. The minimum absolute atomic E-state index is 0.133. The van der Waals surface area contributed by atoms with Crippen LogP contribution in [0.1, 0.15) is 31.7 Å². The third kappa shape index (κ3) is 3.29. The van der Waals surface area contributed by atoms with Crippen LogP contribution in [0.4, 0.5) is 5.69 Å². The second kappa shape index (κ2) is 6.82. The third-order valence-corrected chi connectivity index (χ3v) is 4.15. The molecule has 1 aromatic rings. The van der Waals surface area contributed by atoms with E-state index >= 15 is 0 Å². The number of amides is 2. The Bertz CT molecular complexity index is 714. The number of carbonyl (C=O) groups excluding carboxylic acids is 3. The Morgan fingerprint density at radius 1 is 1.25 bits per heavy atom. The van der Waals surface area contributed by atoms with Gasteiger partial charge in [0, 0.05) is 25.1 Å². The molecule has 1 atom stereocenters. The summed E-state index contributed by atoms with van der Waals surface area (Å²) < 4.78 is 5.24. The molecule has 2 heterocycles. The Labute approximate surface area is 139 Å². The van der Waals surface area contributed by atoms with Crippen molar-refractivity contribution in [2.24, 2.45) is 5.10 Å². The average Bonchev–Trinajstić information content (AvgIpc) is 2.61. The second-order valence-electron chi connectivity index (χ2n) is 5.86. The number of nitrogens with one attached hydrogen (secondary N) is 1. The number of hydrogen-bond acceptors (Lipinski definition) is 5. The lowest BCUT2D eigenvalue weighted by Crippen LogP contribution is -2.43. The molecular weight excluding hydrogens is 310 g/mol. The quantitative estimate of drug-likeness (QED) is 0.843. The van der Waals surface area contributed by atoms with E-state index in [0.717, 1.165) is 24.1 Å². The molecule has 0 unspecified atom stereocenters. The summed E-state index contributed by atoms with van der Waals surface area (Å²) in [6, 6.07) is 7.75. The van der Waals surface area contributed by atoms with Gasteiger partial charge in [-0.3, -0.25) is 9.59 Å². The lowest BCUT2D eigenvalue weighted by Gasteiger charge is -2.31. The Balaban J connectivity index is 1.67. The van der Waals surface area contributed by atoms with E-state index in [9.17, 15) is 14.4 Å². The number of benzene rings is 1. The van der Waals surface area contributed by atoms with Gasteiger partial charge in [-0.05, 0) is 31.4 Å². The summed E-state index contributed by atoms with van der Waals surface area (Å²) in [5.41, 5.74) is 4.37. The van der Waals surface area contributed by atoms with Gasteiger partial charge in [-0.15, -0.1) is 0 Å². The second-order valence-corrected chi connectivity index (χ2v) is 5.86. The lowest BCUT2D eigenvalue weighted by molar-refractivity contribution is -0.147. The number of ether oxygens (including phenoxy) is 1. The summed E-state index contributed by atoms with van der Waals surface area (Å²) in [4.78, 5) is 37.5. The summed E-state index contributed by atoms with van der Waals surface area (Å²) in [6.45, 7) is 2.16. The number of hydrazone groups is 1. The maximum absolute atomic E-state index is 12.7. The van der Waals surface area contributed by atoms with E-state index in [4.69, 9.17) is 4.74 Å². The van der Waals surface area contributed by atoms with Crippen LogP contribution in [0.5, 0.6) is 0 Å². The number of anilines is 1. The molecule has 1 N–H and O–H groups in total. The first kappa shape index (κ1) is 16.2. The topological polar surface area (TPSA) is 88.1 Å². The standard InChI is InChI=1S/C17H19N3O4/c1-11(24-17(23)13-8-9-15(21)19-18-13)16(22)20-10-4-6-12-5-2-3-7-14(12)20/h2-3,5,7,11H,4,6,8-10H2,1H3,(H,19,21)/t11-/m0/s1. The van der Waals surface area contributed by atoms with Crippen LogP contribution in [0.3, 0.4) is 0 Å². The first-order valence-electron chi connectivity index (χ1n) is 8.02. The van der Waals surface area contributed by atoms with E-state index in [1.54, 1.807) is 11.8 Å². The first-order chi connectivity index (χ1) is 11.6. The highest BCUT2D eigenvalue weighted by molar-refractivity contribution is 6.37. The van der Waals surface area contributed by atoms with Crippen molar-refractivity contribution in [3.8, 4) is 0 Å². The zero-order chi connectivity index (χ0) is 17.1. The van der Waals surface area contributed by atoms with Gasteiger partial charge in [-0.1, -0.05) is 18.2 Å². The van der Waals surface area contributed by atoms with Crippen molar-refractivity contribution in [2.45, 2.75) is 38.7 Å². The van der Waals surface area contributed by atoms with Gasteiger partial charge in [0.25, 0.3) is 5.91 Å². The van der Waals surface area contributed by atoms with Crippen LogP contribution in [-0.4, -0.2) is 36.1 Å². The van der Waals surface area contributed by atoms with Gasteiger partial charge in [0.05, 0.1) is 0 Å². The van der Waals surface area contributed by atoms with Crippen molar-refractivity contribution in [1.82, 2.24) is 5.43 Å².